The van der Waals surface area contributed by atoms with Gasteiger partial charge in [-0.1, -0.05) is 0 Å². The molecule has 5 N–H and O–H groups in total. The summed E-state index contributed by atoms with van der Waals surface area (Å²) in [7, 11) is 0. The molecule has 0 spiro atoms. The summed E-state index contributed by atoms with van der Waals surface area (Å²) < 4.78 is 0. The van der Waals surface area contributed by atoms with E-state index in [1.807, 2.05) is 0 Å². The number of rotatable bonds is 11. The van der Waals surface area contributed by atoms with Crippen LogP contribution in [0.1, 0.15) is 46.0 Å². The highest BCUT2D eigenvalue weighted by Gasteiger charge is 2.20. The van der Waals surface area contributed by atoms with Gasteiger partial charge in [0.1, 0.15) is 6.04 Å². The van der Waals surface area contributed by atoms with E-state index < -0.39 is 30.1 Å². The number of carbonyl (C=O) groups excluding carboxylic acids is 2. The molecule has 0 bridgehead atoms. The molecule has 0 aromatic heterocycles. The normalized spacial score (nSPS) is 14.7. The van der Waals surface area contributed by atoms with Gasteiger partial charge in [0.15, 0.2) is 0 Å². The third kappa shape index (κ3) is 11.0. The number of unbranched alkanes of at least 4 members (excludes halogenated alkanes) is 1. The first-order chi connectivity index (χ1) is 10.2. The predicted octanol–water partition coefficient (Wildman–Crippen LogP) is -0.616. The molecule has 8 nitrogen and oxygen atoms in total. The standard InChI is InChI=1S/C14H26N2O6/c1-9(17)7-12(19)15-6-4-3-5-11(14(21)22)16-13(20)8-10(2)18/h9-11,17-18H,3-8H2,1-2H3,(H,15,19)(H,16,20)(H,21,22). The summed E-state index contributed by atoms with van der Waals surface area (Å²) in [5.74, 6) is -1.89. The third-order valence-corrected chi connectivity index (χ3v) is 2.84. The molecule has 0 aliphatic heterocycles. The van der Waals surface area contributed by atoms with Crippen LogP contribution >= 0.6 is 0 Å². The molecule has 0 aliphatic rings. The molecule has 0 saturated heterocycles. The van der Waals surface area contributed by atoms with E-state index in [0.29, 0.717) is 19.4 Å². The van der Waals surface area contributed by atoms with Crippen molar-refractivity contribution in [3.63, 3.8) is 0 Å². The number of aliphatic hydroxyl groups excluding tert-OH is 2. The highest BCUT2D eigenvalue weighted by atomic mass is 16.4. The van der Waals surface area contributed by atoms with Gasteiger partial charge >= 0.3 is 5.97 Å². The van der Waals surface area contributed by atoms with Crippen LogP contribution in [0.3, 0.4) is 0 Å². The summed E-state index contributed by atoms with van der Waals surface area (Å²) in [6, 6.07) is -1.00. The average molecular weight is 318 g/mol. The summed E-state index contributed by atoms with van der Waals surface area (Å²) in [6.45, 7) is 3.36. The van der Waals surface area contributed by atoms with Crippen LogP contribution in [0, 0.1) is 0 Å². The molecule has 22 heavy (non-hydrogen) atoms. The highest BCUT2D eigenvalue weighted by Crippen LogP contribution is 2.02. The Morgan fingerprint density at radius 2 is 1.50 bits per heavy atom. The predicted molar refractivity (Wildman–Crippen MR) is 79.0 cm³/mol. The molecule has 0 heterocycles. The molecule has 8 heteroatoms. The lowest BCUT2D eigenvalue weighted by atomic mass is 10.1. The Kier molecular flexibility index (Phi) is 10.1. The number of hydrogen-bond acceptors (Lipinski definition) is 5. The van der Waals surface area contributed by atoms with Gasteiger partial charge in [-0.3, -0.25) is 9.59 Å². The summed E-state index contributed by atoms with van der Waals surface area (Å²) in [6.07, 6.45) is -0.291. The van der Waals surface area contributed by atoms with Crippen molar-refractivity contribution in [3.05, 3.63) is 0 Å². The number of carboxylic acid groups (broad SMARTS) is 1. The Hall–Kier alpha value is -1.67. The van der Waals surface area contributed by atoms with E-state index in [1.165, 1.54) is 13.8 Å². The van der Waals surface area contributed by atoms with Crippen molar-refractivity contribution < 1.29 is 29.7 Å². The van der Waals surface area contributed by atoms with Crippen LogP contribution in [0.15, 0.2) is 0 Å². The van der Waals surface area contributed by atoms with Gasteiger partial charge in [0, 0.05) is 6.54 Å². The second-order valence-corrected chi connectivity index (χ2v) is 5.41. The molecular weight excluding hydrogens is 292 g/mol. The van der Waals surface area contributed by atoms with Crippen LogP contribution in [0.5, 0.6) is 0 Å². The van der Waals surface area contributed by atoms with Crippen molar-refractivity contribution in [2.24, 2.45) is 0 Å². The number of carbonyl (C=O) groups is 3. The lowest BCUT2D eigenvalue weighted by molar-refractivity contribution is -0.142. The van der Waals surface area contributed by atoms with Gasteiger partial charge in [0.05, 0.1) is 25.0 Å². The zero-order chi connectivity index (χ0) is 17.1. The van der Waals surface area contributed by atoms with Crippen LogP contribution in [0.25, 0.3) is 0 Å². The molecule has 0 aliphatic carbocycles. The van der Waals surface area contributed by atoms with Gasteiger partial charge in [-0.25, -0.2) is 4.79 Å². The Morgan fingerprint density at radius 3 is 2.00 bits per heavy atom. The largest absolute Gasteiger partial charge is 0.480 e. The van der Waals surface area contributed by atoms with E-state index in [0.717, 1.165) is 0 Å². The Bertz CT molecular complexity index is 370. The van der Waals surface area contributed by atoms with Crippen molar-refractivity contribution in [2.45, 2.75) is 64.2 Å². The zero-order valence-corrected chi connectivity index (χ0v) is 13.0. The fourth-order valence-corrected chi connectivity index (χ4v) is 1.82. The number of aliphatic hydroxyl groups is 2. The maximum Gasteiger partial charge on any atom is 0.326 e. The maximum absolute atomic E-state index is 11.4. The lowest BCUT2D eigenvalue weighted by Crippen LogP contribution is -2.41. The fourth-order valence-electron chi connectivity index (χ4n) is 1.82. The lowest BCUT2D eigenvalue weighted by Gasteiger charge is -2.15. The van der Waals surface area contributed by atoms with Crippen molar-refractivity contribution in [1.29, 1.82) is 0 Å². The Morgan fingerprint density at radius 1 is 0.955 bits per heavy atom. The van der Waals surface area contributed by atoms with Crippen LogP contribution in [0.2, 0.25) is 0 Å². The smallest absolute Gasteiger partial charge is 0.326 e. The molecule has 0 aromatic rings. The molecule has 3 unspecified atom stereocenters. The second-order valence-electron chi connectivity index (χ2n) is 5.41. The minimum Gasteiger partial charge on any atom is -0.480 e. The molecule has 0 saturated carbocycles. The Labute approximate surface area is 129 Å². The van der Waals surface area contributed by atoms with Gasteiger partial charge < -0.3 is 26.0 Å². The van der Waals surface area contributed by atoms with Crippen molar-refractivity contribution in [3.8, 4) is 0 Å². The summed E-state index contributed by atoms with van der Waals surface area (Å²) in [5, 5.41) is 32.1. The number of hydrogen-bond donors (Lipinski definition) is 5. The summed E-state index contributed by atoms with van der Waals surface area (Å²) >= 11 is 0. The minimum atomic E-state index is -1.13. The van der Waals surface area contributed by atoms with E-state index >= 15 is 0 Å². The second kappa shape index (κ2) is 11.0. The van der Waals surface area contributed by atoms with Gasteiger partial charge in [-0.05, 0) is 33.1 Å². The monoisotopic (exact) mass is 318 g/mol. The van der Waals surface area contributed by atoms with E-state index in [2.05, 4.69) is 10.6 Å². The highest BCUT2D eigenvalue weighted by molar-refractivity contribution is 5.83. The molecule has 0 aromatic carbocycles. The van der Waals surface area contributed by atoms with Gasteiger partial charge in [-0.2, -0.15) is 0 Å². The molecule has 2 amide bonds. The first-order valence-corrected chi connectivity index (χ1v) is 7.37. The maximum atomic E-state index is 11.4. The van der Waals surface area contributed by atoms with Crippen molar-refractivity contribution in [1.82, 2.24) is 10.6 Å². The van der Waals surface area contributed by atoms with E-state index in [1.54, 1.807) is 0 Å². The van der Waals surface area contributed by atoms with Crippen LogP contribution in [-0.4, -0.2) is 57.9 Å². The van der Waals surface area contributed by atoms with Gasteiger partial charge in [0.2, 0.25) is 11.8 Å². The first-order valence-electron chi connectivity index (χ1n) is 7.37. The molecule has 0 radical (unpaired) electrons. The summed E-state index contributed by atoms with van der Waals surface area (Å²) in [5.41, 5.74) is 0. The van der Waals surface area contributed by atoms with Crippen molar-refractivity contribution >= 4 is 17.8 Å². The van der Waals surface area contributed by atoms with E-state index in [4.69, 9.17) is 15.3 Å². The number of aliphatic carboxylic acids is 1. The number of carboxylic acids is 1. The minimum absolute atomic E-state index is 0.0349. The van der Waals surface area contributed by atoms with Gasteiger partial charge in [0.25, 0.3) is 0 Å². The Balaban J connectivity index is 3.94. The van der Waals surface area contributed by atoms with Gasteiger partial charge in [-0.15, -0.1) is 0 Å². The quantitative estimate of drug-likeness (QED) is 0.322. The third-order valence-electron chi connectivity index (χ3n) is 2.84. The zero-order valence-electron chi connectivity index (χ0n) is 13.0. The van der Waals surface area contributed by atoms with Crippen LogP contribution < -0.4 is 10.6 Å². The molecule has 128 valence electrons. The SMILES string of the molecule is CC(O)CC(=O)NCCCCC(NC(=O)CC(C)O)C(=O)O. The molecular formula is C14H26N2O6. The molecule has 0 rings (SSSR count). The fraction of sp³-hybridized carbons (Fsp3) is 0.786. The molecule has 0 fully saturated rings. The average Bonchev–Trinajstić information content (AvgIpc) is 2.34. The topological polar surface area (TPSA) is 136 Å². The first kappa shape index (κ1) is 20.3. The van der Waals surface area contributed by atoms with Crippen LogP contribution in [-0.2, 0) is 14.4 Å². The van der Waals surface area contributed by atoms with Crippen molar-refractivity contribution in [2.75, 3.05) is 6.54 Å². The summed E-state index contributed by atoms with van der Waals surface area (Å²) in [4.78, 5) is 33.7. The van der Waals surface area contributed by atoms with E-state index in [9.17, 15) is 14.4 Å². The molecule has 3 atom stereocenters. The number of nitrogens with one attached hydrogen (secondary N) is 2. The van der Waals surface area contributed by atoms with E-state index in [-0.39, 0.29) is 25.2 Å². The number of amides is 2. The van der Waals surface area contributed by atoms with Crippen LogP contribution in [0.4, 0.5) is 0 Å².